The summed E-state index contributed by atoms with van der Waals surface area (Å²) in [5, 5.41) is 16.5. The molecule has 3 aromatic rings. The molecule has 0 fully saturated rings. The third kappa shape index (κ3) is 5.11. The molecule has 3 rings (SSSR count). The molecular formula is C18H19N7O2. The van der Waals surface area contributed by atoms with Crippen molar-refractivity contribution in [2.75, 3.05) is 5.32 Å². The maximum atomic E-state index is 12.7. The van der Waals surface area contributed by atoms with Gasteiger partial charge in [-0.25, -0.2) is 9.48 Å². The summed E-state index contributed by atoms with van der Waals surface area (Å²) < 4.78 is 1.45. The number of nitrogens with one attached hydrogen (secondary N) is 2. The van der Waals surface area contributed by atoms with Crippen molar-refractivity contribution < 1.29 is 9.59 Å². The number of carbonyl (C=O) groups excluding carboxylic acids is 2. The van der Waals surface area contributed by atoms with Gasteiger partial charge in [-0.15, -0.1) is 5.10 Å². The van der Waals surface area contributed by atoms with Crippen molar-refractivity contribution in [1.29, 1.82) is 0 Å². The van der Waals surface area contributed by atoms with Gasteiger partial charge in [0.25, 0.3) is 0 Å². The van der Waals surface area contributed by atoms with Gasteiger partial charge >= 0.3 is 6.03 Å². The topological polar surface area (TPSA) is 128 Å². The normalized spacial score (nSPS) is 11.6. The monoisotopic (exact) mass is 365 g/mol. The van der Waals surface area contributed by atoms with E-state index in [4.69, 9.17) is 5.73 Å². The summed E-state index contributed by atoms with van der Waals surface area (Å²) >= 11 is 0. The molecule has 0 saturated carbocycles. The van der Waals surface area contributed by atoms with Crippen LogP contribution in [0.2, 0.25) is 0 Å². The van der Waals surface area contributed by atoms with Gasteiger partial charge in [0.1, 0.15) is 12.4 Å². The maximum absolute atomic E-state index is 12.7. The summed E-state index contributed by atoms with van der Waals surface area (Å²) in [7, 11) is 0. The maximum Gasteiger partial charge on any atom is 0.316 e. The first-order chi connectivity index (χ1) is 13.1. The number of benzene rings is 2. The SMILES string of the molecule is NC(=O)Nc1ccc(CNC(=O)C(Cc2ccccc2)n2cnnn2)cc1. The lowest BCUT2D eigenvalue weighted by Gasteiger charge is -2.16. The van der Waals surface area contributed by atoms with Crippen LogP contribution in [-0.4, -0.2) is 32.1 Å². The molecule has 9 nitrogen and oxygen atoms in total. The van der Waals surface area contributed by atoms with Crippen molar-refractivity contribution in [3.63, 3.8) is 0 Å². The first kappa shape index (κ1) is 18.1. The van der Waals surface area contributed by atoms with E-state index in [1.54, 1.807) is 24.3 Å². The van der Waals surface area contributed by atoms with Gasteiger partial charge in [-0.1, -0.05) is 42.5 Å². The van der Waals surface area contributed by atoms with Crippen molar-refractivity contribution in [3.8, 4) is 0 Å². The number of hydrogen-bond acceptors (Lipinski definition) is 5. The smallest absolute Gasteiger partial charge is 0.316 e. The van der Waals surface area contributed by atoms with E-state index < -0.39 is 12.1 Å². The number of primary amides is 1. The average molecular weight is 365 g/mol. The number of anilines is 1. The Morgan fingerprint density at radius 2 is 1.78 bits per heavy atom. The molecule has 4 N–H and O–H groups in total. The molecule has 1 aromatic heterocycles. The quantitative estimate of drug-likeness (QED) is 0.581. The van der Waals surface area contributed by atoms with Crippen LogP contribution in [0.1, 0.15) is 17.2 Å². The summed E-state index contributed by atoms with van der Waals surface area (Å²) in [6, 6.07) is 15.5. The number of rotatable bonds is 7. The predicted octanol–water partition coefficient (Wildman–Crippen LogP) is 1.26. The second-order valence-electron chi connectivity index (χ2n) is 5.90. The van der Waals surface area contributed by atoms with E-state index in [2.05, 4.69) is 26.2 Å². The number of aromatic nitrogens is 4. The third-order valence-electron chi connectivity index (χ3n) is 3.95. The molecule has 1 heterocycles. The lowest BCUT2D eigenvalue weighted by atomic mass is 10.1. The van der Waals surface area contributed by atoms with E-state index in [1.807, 2.05) is 30.3 Å². The Bertz CT molecular complexity index is 880. The molecule has 1 atom stereocenters. The lowest BCUT2D eigenvalue weighted by molar-refractivity contribution is -0.124. The standard InChI is InChI=1S/C18H19N7O2/c19-18(27)22-15-8-6-14(7-9-15)11-20-17(26)16(25-12-21-23-24-25)10-13-4-2-1-3-5-13/h1-9,12,16H,10-11H2,(H,20,26)(H3,19,22,27). The number of nitrogens with zero attached hydrogens (tertiary/aromatic N) is 4. The van der Waals surface area contributed by atoms with Crippen molar-refractivity contribution in [2.45, 2.75) is 19.0 Å². The van der Waals surface area contributed by atoms with Crippen LogP contribution in [0.5, 0.6) is 0 Å². The number of carbonyl (C=O) groups is 2. The second-order valence-corrected chi connectivity index (χ2v) is 5.90. The highest BCUT2D eigenvalue weighted by Crippen LogP contribution is 2.14. The number of hydrogen-bond donors (Lipinski definition) is 3. The van der Waals surface area contributed by atoms with Gasteiger partial charge in [0, 0.05) is 18.7 Å². The third-order valence-corrected chi connectivity index (χ3v) is 3.95. The molecule has 1 unspecified atom stereocenters. The molecule has 0 spiro atoms. The average Bonchev–Trinajstić information content (AvgIpc) is 3.20. The number of nitrogens with two attached hydrogens (primary N) is 1. The van der Waals surface area contributed by atoms with E-state index in [0.717, 1.165) is 11.1 Å². The molecule has 0 aliphatic carbocycles. The van der Waals surface area contributed by atoms with Crippen molar-refractivity contribution >= 4 is 17.6 Å². The van der Waals surface area contributed by atoms with E-state index in [1.165, 1.54) is 11.0 Å². The molecule has 138 valence electrons. The Morgan fingerprint density at radius 3 is 2.41 bits per heavy atom. The fourth-order valence-corrected chi connectivity index (χ4v) is 2.61. The minimum Gasteiger partial charge on any atom is -0.351 e. The Hall–Kier alpha value is -3.75. The van der Waals surface area contributed by atoms with Crippen LogP contribution >= 0.6 is 0 Å². The zero-order valence-electron chi connectivity index (χ0n) is 14.4. The molecule has 0 radical (unpaired) electrons. The molecule has 27 heavy (non-hydrogen) atoms. The second kappa shape index (κ2) is 8.56. The van der Waals surface area contributed by atoms with Gasteiger partial charge in [0.15, 0.2) is 0 Å². The zero-order chi connectivity index (χ0) is 19.1. The van der Waals surface area contributed by atoms with Crippen molar-refractivity contribution in [1.82, 2.24) is 25.5 Å². The number of urea groups is 1. The summed E-state index contributed by atoms with van der Waals surface area (Å²) in [6.45, 7) is 0.336. The van der Waals surface area contributed by atoms with Crippen LogP contribution in [0.4, 0.5) is 10.5 Å². The zero-order valence-corrected chi connectivity index (χ0v) is 14.4. The lowest BCUT2D eigenvalue weighted by Crippen LogP contribution is -2.34. The van der Waals surface area contributed by atoms with Crippen LogP contribution in [0.3, 0.4) is 0 Å². The molecule has 2 aromatic carbocycles. The van der Waals surface area contributed by atoms with Gasteiger partial charge in [-0.3, -0.25) is 4.79 Å². The van der Waals surface area contributed by atoms with Crippen LogP contribution in [0.15, 0.2) is 60.9 Å². The number of tetrazole rings is 1. The van der Waals surface area contributed by atoms with E-state index in [-0.39, 0.29) is 5.91 Å². The van der Waals surface area contributed by atoms with Crippen LogP contribution in [0, 0.1) is 0 Å². The van der Waals surface area contributed by atoms with Crippen molar-refractivity contribution in [3.05, 3.63) is 72.1 Å². The highest BCUT2D eigenvalue weighted by molar-refractivity contribution is 5.87. The summed E-state index contributed by atoms with van der Waals surface area (Å²) in [5.74, 6) is -0.189. The Balaban J connectivity index is 1.65. The summed E-state index contributed by atoms with van der Waals surface area (Å²) in [5.41, 5.74) is 7.56. The van der Waals surface area contributed by atoms with E-state index >= 15 is 0 Å². The van der Waals surface area contributed by atoms with E-state index in [9.17, 15) is 9.59 Å². The fraction of sp³-hybridized carbons (Fsp3) is 0.167. The largest absolute Gasteiger partial charge is 0.351 e. The Labute approximate surface area is 155 Å². The predicted molar refractivity (Wildman–Crippen MR) is 98.5 cm³/mol. The van der Waals surface area contributed by atoms with Gasteiger partial charge in [-0.05, 0) is 33.7 Å². The van der Waals surface area contributed by atoms with Gasteiger partial charge in [0.2, 0.25) is 5.91 Å². The molecule has 0 aliphatic heterocycles. The summed E-state index contributed by atoms with van der Waals surface area (Å²) in [6.07, 6.45) is 1.90. The first-order valence-electron chi connectivity index (χ1n) is 8.31. The minimum absolute atomic E-state index is 0.189. The molecule has 0 saturated heterocycles. The van der Waals surface area contributed by atoms with Gasteiger partial charge in [-0.2, -0.15) is 0 Å². The highest BCUT2D eigenvalue weighted by atomic mass is 16.2. The van der Waals surface area contributed by atoms with Gasteiger partial charge < -0.3 is 16.4 Å². The molecule has 0 bridgehead atoms. The molecule has 9 heteroatoms. The van der Waals surface area contributed by atoms with Crippen LogP contribution < -0.4 is 16.4 Å². The fourth-order valence-electron chi connectivity index (χ4n) is 2.61. The summed E-state index contributed by atoms with van der Waals surface area (Å²) in [4.78, 5) is 23.6. The van der Waals surface area contributed by atoms with Crippen molar-refractivity contribution in [2.24, 2.45) is 5.73 Å². The highest BCUT2D eigenvalue weighted by Gasteiger charge is 2.22. The van der Waals surface area contributed by atoms with E-state index in [0.29, 0.717) is 18.7 Å². The Kier molecular flexibility index (Phi) is 5.73. The van der Waals surface area contributed by atoms with Crippen LogP contribution in [0.25, 0.3) is 0 Å². The Morgan fingerprint density at radius 1 is 1.04 bits per heavy atom. The van der Waals surface area contributed by atoms with Gasteiger partial charge in [0.05, 0.1) is 0 Å². The number of amides is 3. The molecule has 3 amide bonds. The first-order valence-corrected chi connectivity index (χ1v) is 8.31. The minimum atomic E-state index is -0.624. The van der Waals surface area contributed by atoms with Crippen LogP contribution in [-0.2, 0) is 17.8 Å². The molecular weight excluding hydrogens is 346 g/mol. The molecule has 0 aliphatic rings.